The molecule has 0 N–H and O–H groups in total. The molecule has 1 aromatic carbocycles. The van der Waals surface area contributed by atoms with Crippen molar-refractivity contribution in [1.82, 2.24) is 0 Å². The van der Waals surface area contributed by atoms with Crippen LogP contribution < -0.4 is 4.74 Å². The van der Waals surface area contributed by atoms with Crippen molar-refractivity contribution in [2.75, 3.05) is 13.7 Å². The minimum Gasteiger partial charge on any atom is -0.495 e. The summed E-state index contributed by atoms with van der Waals surface area (Å²) in [7, 11) is 1.51. The van der Waals surface area contributed by atoms with Crippen molar-refractivity contribution in [2.45, 2.75) is 20.0 Å². The van der Waals surface area contributed by atoms with Gasteiger partial charge in [0.2, 0.25) is 0 Å². The Balaban J connectivity index is 2.76. The Morgan fingerprint density at radius 2 is 2.12 bits per heavy atom. The highest BCUT2D eigenvalue weighted by molar-refractivity contribution is 6.32. The predicted octanol–water partition coefficient (Wildman–Crippen LogP) is 2.96. The highest BCUT2D eigenvalue weighted by Crippen LogP contribution is 2.25. The third-order valence-corrected chi connectivity index (χ3v) is 2.33. The van der Waals surface area contributed by atoms with Gasteiger partial charge < -0.3 is 9.47 Å². The summed E-state index contributed by atoms with van der Waals surface area (Å²) >= 11 is 5.86. The van der Waals surface area contributed by atoms with Crippen LogP contribution in [0.3, 0.4) is 0 Å². The lowest BCUT2D eigenvalue weighted by molar-refractivity contribution is 0.0584. The van der Waals surface area contributed by atoms with Crippen molar-refractivity contribution in [1.29, 1.82) is 0 Å². The van der Waals surface area contributed by atoms with Crippen LogP contribution in [0.1, 0.15) is 24.2 Å². The van der Waals surface area contributed by atoms with E-state index >= 15 is 0 Å². The van der Waals surface area contributed by atoms with Gasteiger partial charge in [0.05, 0.1) is 18.2 Å². The third-order valence-electron chi connectivity index (χ3n) is 2.02. The first-order valence-corrected chi connectivity index (χ1v) is 5.40. The van der Waals surface area contributed by atoms with Gasteiger partial charge in [-0.15, -0.1) is 0 Å². The molecule has 0 fully saturated rings. The highest BCUT2D eigenvalue weighted by atomic mass is 35.5. The lowest BCUT2D eigenvalue weighted by atomic mass is 10.1. The zero-order valence-electron chi connectivity index (χ0n) is 9.62. The summed E-state index contributed by atoms with van der Waals surface area (Å²) in [6.07, 6.45) is 0.0399. The minimum absolute atomic E-state index is 0.0399. The molecule has 0 aliphatic rings. The monoisotopic (exact) mass is 242 g/mol. The molecule has 0 unspecified atom stereocenters. The highest BCUT2D eigenvalue weighted by Gasteiger charge is 2.10. The molecule has 0 aromatic heterocycles. The zero-order chi connectivity index (χ0) is 12.1. The second-order valence-corrected chi connectivity index (χ2v) is 4.04. The van der Waals surface area contributed by atoms with Gasteiger partial charge in [-0.2, -0.15) is 0 Å². The molecule has 0 radical (unpaired) electrons. The fraction of sp³-hybridized carbons (Fsp3) is 0.417. The number of halogens is 1. The molecule has 0 aliphatic carbocycles. The minimum atomic E-state index is -0.0799. The Hall–Kier alpha value is -1.06. The molecule has 0 heterocycles. The van der Waals surface area contributed by atoms with E-state index in [4.69, 9.17) is 21.1 Å². The van der Waals surface area contributed by atoms with Gasteiger partial charge >= 0.3 is 0 Å². The number of Topliss-reactive ketones (excluding diaryl/α,β-unsaturated/α-hetero) is 1. The number of carbonyl (C=O) groups is 1. The van der Waals surface area contributed by atoms with Gasteiger partial charge in [0.15, 0.2) is 5.78 Å². The fourth-order valence-electron chi connectivity index (χ4n) is 1.16. The smallest absolute Gasteiger partial charge is 0.188 e. The number of methoxy groups -OCH3 is 1. The van der Waals surface area contributed by atoms with Gasteiger partial charge in [-0.25, -0.2) is 0 Å². The molecule has 16 heavy (non-hydrogen) atoms. The van der Waals surface area contributed by atoms with Crippen molar-refractivity contribution in [2.24, 2.45) is 0 Å². The van der Waals surface area contributed by atoms with E-state index in [0.29, 0.717) is 16.3 Å². The van der Waals surface area contributed by atoms with E-state index in [1.165, 1.54) is 7.11 Å². The van der Waals surface area contributed by atoms with Crippen LogP contribution in [-0.2, 0) is 4.74 Å². The predicted molar refractivity (Wildman–Crippen MR) is 63.4 cm³/mol. The summed E-state index contributed by atoms with van der Waals surface area (Å²) in [5, 5.41) is 0.490. The number of rotatable bonds is 5. The number of hydrogen-bond donors (Lipinski definition) is 0. The Kier molecular flexibility index (Phi) is 4.77. The average Bonchev–Trinajstić information content (AvgIpc) is 2.26. The maximum absolute atomic E-state index is 11.7. The van der Waals surface area contributed by atoms with Crippen LogP contribution in [0, 0.1) is 0 Å². The van der Waals surface area contributed by atoms with Crippen LogP contribution >= 0.6 is 11.6 Å². The summed E-state index contributed by atoms with van der Waals surface area (Å²) in [5.41, 5.74) is 0.543. The van der Waals surface area contributed by atoms with Gasteiger partial charge in [-0.05, 0) is 32.0 Å². The van der Waals surface area contributed by atoms with E-state index in [1.807, 2.05) is 13.8 Å². The van der Waals surface area contributed by atoms with Crippen molar-refractivity contribution < 1.29 is 14.3 Å². The Morgan fingerprint density at radius 3 is 2.69 bits per heavy atom. The molecule has 0 atom stereocenters. The second kappa shape index (κ2) is 5.87. The van der Waals surface area contributed by atoms with Crippen molar-refractivity contribution in [3.05, 3.63) is 28.8 Å². The van der Waals surface area contributed by atoms with Gasteiger partial charge in [0.25, 0.3) is 0 Å². The molecular formula is C12H15ClO3. The maximum Gasteiger partial charge on any atom is 0.188 e. The van der Waals surface area contributed by atoms with Crippen LogP contribution in [0.5, 0.6) is 5.75 Å². The molecular weight excluding hydrogens is 228 g/mol. The van der Waals surface area contributed by atoms with Gasteiger partial charge in [0, 0.05) is 5.56 Å². The summed E-state index contributed by atoms with van der Waals surface area (Å²) < 4.78 is 10.3. The van der Waals surface area contributed by atoms with Crippen LogP contribution in [-0.4, -0.2) is 25.6 Å². The summed E-state index contributed by atoms with van der Waals surface area (Å²) in [5.74, 6) is 0.417. The molecule has 0 saturated heterocycles. The lowest BCUT2D eigenvalue weighted by Gasteiger charge is -2.08. The van der Waals surface area contributed by atoms with Crippen LogP contribution in [0.4, 0.5) is 0 Å². The Bertz CT molecular complexity index is 375. The zero-order valence-corrected chi connectivity index (χ0v) is 10.4. The SMILES string of the molecule is COc1cc(C(=O)COC(C)C)ccc1Cl. The molecule has 1 rings (SSSR count). The number of ether oxygens (including phenoxy) is 2. The van der Waals surface area contributed by atoms with Crippen molar-refractivity contribution in [3.8, 4) is 5.75 Å². The Labute approximate surface area is 100 Å². The largest absolute Gasteiger partial charge is 0.495 e. The molecule has 3 nitrogen and oxygen atoms in total. The maximum atomic E-state index is 11.7. The second-order valence-electron chi connectivity index (χ2n) is 3.63. The van der Waals surface area contributed by atoms with E-state index in [1.54, 1.807) is 18.2 Å². The van der Waals surface area contributed by atoms with Gasteiger partial charge in [0.1, 0.15) is 12.4 Å². The van der Waals surface area contributed by atoms with Gasteiger partial charge in [-0.3, -0.25) is 4.79 Å². The summed E-state index contributed by atoms with van der Waals surface area (Å²) in [6.45, 7) is 3.84. The Morgan fingerprint density at radius 1 is 1.44 bits per heavy atom. The normalized spacial score (nSPS) is 10.6. The van der Waals surface area contributed by atoms with Crippen molar-refractivity contribution >= 4 is 17.4 Å². The van der Waals surface area contributed by atoms with E-state index in [2.05, 4.69) is 0 Å². The van der Waals surface area contributed by atoms with E-state index in [9.17, 15) is 4.79 Å². The molecule has 0 amide bonds. The lowest BCUT2D eigenvalue weighted by Crippen LogP contribution is -2.13. The van der Waals surface area contributed by atoms with Crippen LogP contribution in [0.2, 0.25) is 5.02 Å². The fourth-order valence-corrected chi connectivity index (χ4v) is 1.35. The molecule has 4 heteroatoms. The summed E-state index contributed by atoms with van der Waals surface area (Å²) in [4.78, 5) is 11.7. The first-order chi connectivity index (χ1) is 7.54. The molecule has 0 saturated carbocycles. The molecule has 0 bridgehead atoms. The molecule has 0 aliphatic heterocycles. The first-order valence-electron chi connectivity index (χ1n) is 5.03. The van der Waals surface area contributed by atoms with Gasteiger partial charge in [-0.1, -0.05) is 11.6 Å². The first kappa shape index (κ1) is 13.0. The number of carbonyl (C=O) groups excluding carboxylic acids is 1. The quantitative estimate of drug-likeness (QED) is 0.745. The average molecular weight is 243 g/mol. The molecule has 1 aromatic rings. The summed E-state index contributed by atoms with van der Waals surface area (Å²) in [6, 6.07) is 4.92. The number of hydrogen-bond acceptors (Lipinski definition) is 3. The third kappa shape index (κ3) is 3.51. The van der Waals surface area contributed by atoms with E-state index in [0.717, 1.165) is 0 Å². The topological polar surface area (TPSA) is 35.5 Å². The van der Waals surface area contributed by atoms with Crippen LogP contribution in [0.15, 0.2) is 18.2 Å². The molecule has 0 spiro atoms. The van der Waals surface area contributed by atoms with Crippen LogP contribution in [0.25, 0.3) is 0 Å². The molecule has 88 valence electrons. The van der Waals surface area contributed by atoms with Crippen molar-refractivity contribution in [3.63, 3.8) is 0 Å². The van der Waals surface area contributed by atoms with E-state index < -0.39 is 0 Å². The van der Waals surface area contributed by atoms with E-state index in [-0.39, 0.29) is 18.5 Å². The standard InChI is InChI=1S/C12H15ClO3/c1-8(2)16-7-11(14)9-4-5-10(13)12(6-9)15-3/h4-6,8H,7H2,1-3H3. The number of ketones is 1. The number of benzene rings is 1.